The summed E-state index contributed by atoms with van der Waals surface area (Å²) in [4.78, 5) is 14.4. The third kappa shape index (κ3) is 1.27. The Kier molecular flexibility index (Phi) is 1.89. The molecule has 4 heteroatoms. The van der Waals surface area contributed by atoms with Gasteiger partial charge in [-0.3, -0.25) is 4.79 Å². The lowest BCUT2D eigenvalue weighted by atomic mass is 9.52. The van der Waals surface area contributed by atoms with Gasteiger partial charge in [-0.2, -0.15) is 0 Å². The highest BCUT2D eigenvalue weighted by molar-refractivity contribution is 5.89. The van der Waals surface area contributed by atoms with Crippen molar-refractivity contribution in [3.8, 4) is 11.5 Å². The van der Waals surface area contributed by atoms with Gasteiger partial charge in [-0.15, -0.1) is 0 Å². The number of ether oxygens (including phenoxy) is 2. The molecule has 1 saturated heterocycles. The Bertz CT molecular complexity index is 778. The lowest BCUT2D eigenvalue weighted by Gasteiger charge is -2.57. The quantitative estimate of drug-likeness (QED) is 0.794. The smallest absolute Gasteiger partial charge is 0.174 e. The first-order chi connectivity index (χ1) is 11.9. The maximum atomic E-state index is 12.7. The molecule has 1 saturated carbocycles. The molecule has 5 rings (SSSR count). The molecule has 0 N–H and O–H groups in total. The van der Waals surface area contributed by atoms with Gasteiger partial charge < -0.3 is 14.4 Å². The van der Waals surface area contributed by atoms with Crippen molar-refractivity contribution in [2.75, 3.05) is 20.6 Å². The maximum absolute atomic E-state index is 12.7. The topological polar surface area (TPSA) is 38.8 Å². The molecule has 4 aliphatic rings. The standard InChI is InChI=1S/C18H21NO3/c1-19-8-7-18-11-4-5-13(20)17(18)22-16-14(21-2)6-3-10(15(16)18)9-12(11)19/h3,6,11-12,17H,4-5,7-9H2,1-2H3/t11-,12+,17?,18-/m0/s1/i1D3. The van der Waals surface area contributed by atoms with Crippen LogP contribution in [0.4, 0.5) is 0 Å². The Hall–Kier alpha value is -1.55. The van der Waals surface area contributed by atoms with Gasteiger partial charge in [0, 0.05) is 27.6 Å². The predicted molar refractivity (Wildman–Crippen MR) is 81.6 cm³/mol. The van der Waals surface area contributed by atoms with Crippen molar-refractivity contribution in [1.82, 2.24) is 4.90 Å². The Morgan fingerprint density at radius 1 is 1.50 bits per heavy atom. The van der Waals surface area contributed by atoms with Crippen LogP contribution >= 0.6 is 0 Å². The van der Waals surface area contributed by atoms with Crippen LogP contribution in [-0.4, -0.2) is 43.5 Å². The molecule has 116 valence electrons. The molecule has 4 nitrogen and oxygen atoms in total. The van der Waals surface area contributed by atoms with Crippen LogP contribution in [0.1, 0.15) is 34.5 Å². The van der Waals surface area contributed by atoms with E-state index in [4.69, 9.17) is 13.6 Å². The number of Topliss-reactive ketones (excluding diaryl/α,β-unsaturated/α-hetero) is 1. The van der Waals surface area contributed by atoms with Gasteiger partial charge in [0.1, 0.15) is 0 Å². The van der Waals surface area contributed by atoms with Crippen molar-refractivity contribution in [3.63, 3.8) is 0 Å². The van der Waals surface area contributed by atoms with E-state index in [1.165, 1.54) is 0 Å². The number of piperidine rings is 1. The van der Waals surface area contributed by atoms with E-state index in [-0.39, 0.29) is 23.2 Å². The van der Waals surface area contributed by atoms with Crippen molar-refractivity contribution in [2.45, 2.75) is 43.2 Å². The Morgan fingerprint density at radius 3 is 3.23 bits per heavy atom. The number of likely N-dealkylation sites (tertiary alicyclic amines) is 1. The number of likely N-dealkylation sites (N-methyl/N-ethyl adjacent to an activating group) is 1. The first-order valence-electron chi connectivity index (χ1n) is 9.54. The number of methoxy groups -OCH3 is 1. The van der Waals surface area contributed by atoms with Crippen molar-refractivity contribution >= 4 is 5.78 Å². The van der Waals surface area contributed by atoms with Crippen LogP contribution in [0.5, 0.6) is 11.5 Å². The molecule has 2 aliphatic carbocycles. The van der Waals surface area contributed by atoms with Crippen LogP contribution < -0.4 is 9.47 Å². The molecule has 4 atom stereocenters. The number of hydrogen-bond acceptors (Lipinski definition) is 4. The van der Waals surface area contributed by atoms with Gasteiger partial charge in [0.2, 0.25) is 0 Å². The molecule has 1 aromatic carbocycles. The van der Waals surface area contributed by atoms with Crippen LogP contribution in [-0.2, 0) is 16.6 Å². The molecule has 2 bridgehead atoms. The lowest BCUT2D eigenvalue weighted by Crippen LogP contribution is -2.65. The maximum Gasteiger partial charge on any atom is 0.174 e. The van der Waals surface area contributed by atoms with E-state index in [0.717, 1.165) is 17.5 Å². The minimum Gasteiger partial charge on any atom is -0.493 e. The number of nitrogens with zero attached hydrogens (tertiary/aromatic N) is 1. The fourth-order valence-electron chi connectivity index (χ4n) is 5.48. The van der Waals surface area contributed by atoms with E-state index in [1.54, 1.807) is 12.0 Å². The van der Waals surface area contributed by atoms with Gasteiger partial charge >= 0.3 is 0 Å². The SMILES string of the molecule is [2H]C([2H])([2H])N1CC[C@]23c4c5ccc(OC)c4OC2C(=O)CC[C@H]3[C@H]1C5. The first kappa shape index (κ1) is 10.3. The second kappa shape index (κ2) is 4.05. The molecule has 0 amide bonds. The number of rotatable bonds is 1. The fraction of sp³-hybridized carbons (Fsp3) is 0.611. The summed E-state index contributed by atoms with van der Waals surface area (Å²) in [5, 5.41) is 0. The van der Waals surface area contributed by atoms with Crippen molar-refractivity contribution in [2.24, 2.45) is 5.92 Å². The molecule has 1 aromatic rings. The largest absolute Gasteiger partial charge is 0.493 e. The van der Waals surface area contributed by atoms with Crippen molar-refractivity contribution in [3.05, 3.63) is 23.3 Å². The van der Waals surface area contributed by atoms with Crippen LogP contribution in [0.25, 0.3) is 0 Å². The van der Waals surface area contributed by atoms with Crippen LogP contribution in [0.2, 0.25) is 0 Å². The van der Waals surface area contributed by atoms with Crippen LogP contribution in [0, 0.1) is 5.92 Å². The molecule has 2 aliphatic heterocycles. The summed E-state index contributed by atoms with van der Waals surface area (Å²) in [7, 11) is 1.61. The van der Waals surface area contributed by atoms with E-state index >= 15 is 0 Å². The molecular formula is C18H21NO3. The lowest BCUT2D eigenvalue weighted by molar-refractivity contribution is -0.138. The van der Waals surface area contributed by atoms with E-state index in [2.05, 4.69) is 0 Å². The summed E-state index contributed by atoms with van der Waals surface area (Å²) < 4.78 is 35.5. The molecule has 0 aromatic heterocycles. The van der Waals surface area contributed by atoms with Crippen LogP contribution in [0.15, 0.2) is 12.1 Å². The molecule has 1 unspecified atom stereocenters. The summed E-state index contributed by atoms with van der Waals surface area (Å²) in [6.07, 6.45) is 2.07. The minimum absolute atomic E-state index is 0.0627. The monoisotopic (exact) mass is 302 g/mol. The summed E-state index contributed by atoms with van der Waals surface area (Å²) in [6, 6.07) is 3.84. The minimum atomic E-state index is -2.10. The summed E-state index contributed by atoms with van der Waals surface area (Å²) in [5.41, 5.74) is 1.86. The fourth-order valence-corrected chi connectivity index (χ4v) is 5.48. The number of hydrogen-bond donors (Lipinski definition) is 0. The van der Waals surface area contributed by atoms with E-state index in [9.17, 15) is 4.79 Å². The van der Waals surface area contributed by atoms with Gasteiger partial charge in [0.15, 0.2) is 23.4 Å². The zero-order valence-corrected chi connectivity index (χ0v) is 12.6. The second-order valence-corrected chi connectivity index (χ2v) is 7.00. The summed E-state index contributed by atoms with van der Waals surface area (Å²) in [6.45, 7) is -1.63. The predicted octanol–water partition coefficient (Wildman–Crippen LogP) is 1.93. The summed E-state index contributed by atoms with van der Waals surface area (Å²) in [5.74, 6) is 1.67. The average molecular weight is 302 g/mol. The van der Waals surface area contributed by atoms with E-state index in [0.29, 0.717) is 37.3 Å². The molecule has 2 heterocycles. The molecule has 22 heavy (non-hydrogen) atoms. The van der Waals surface area contributed by atoms with Crippen molar-refractivity contribution in [1.29, 1.82) is 0 Å². The van der Waals surface area contributed by atoms with Gasteiger partial charge in [-0.05, 0) is 50.3 Å². The van der Waals surface area contributed by atoms with E-state index in [1.807, 2.05) is 12.1 Å². The zero-order valence-electron chi connectivity index (χ0n) is 15.6. The normalized spacial score (nSPS) is 41.0. The highest BCUT2D eigenvalue weighted by atomic mass is 16.5. The number of carbonyl (C=O) groups is 1. The van der Waals surface area contributed by atoms with Crippen LogP contribution in [0.3, 0.4) is 0 Å². The first-order valence-corrected chi connectivity index (χ1v) is 8.04. The number of benzene rings is 1. The highest BCUT2D eigenvalue weighted by Crippen LogP contribution is 2.62. The second-order valence-electron chi connectivity index (χ2n) is 7.00. The molecule has 2 fully saturated rings. The number of carbonyl (C=O) groups excluding carboxylic acids is 1. The number of ketones is 1. The zero-order chi connectivity index (χ0) is 17.6. The Labute approximate surface area is 134 Å². The Morgan fingerprint density at radius 2 is 2.41 bits per heavy atom. The van der Waals surface area contributed by atoms with Gasteiger partial charge in [-0.1, -0.05) is 6.07 Å². The van der Waals surface area contributed by atoms with Crippen molar-refractivity contribution < 1.29 is 18.4 Å². The van der Waals surface area contributed by atoms with Gasteiger partial charge in [0.25, 0.3) is 0 Å². The third-order valence-corrected chi connectivity index (χ3v) is 6.31. The molecule has 0 radical (unpaired) electrons. The van der Waals surface area contributed by atoms with Gasteiger partial charge in [0.05, 0.1) is 7.11 Å². The molecular weight excluding hydrogens is 278 g/mol. The van der Waals surface area contributed by atoms with E-state index < -0.39 is 13.1 Å². The molecule has 1 spiro atoms. The highest BCUT2D eigenvalue weighted by Gasteiger charge is 2.65. The Balaban J connectivity index is 1.74. The third-order valence-electron chi connectivity index (χ3n) is 6.31. The summed E-state index contributed by atoms with van der Waals surface area (Å²) >= 11 is 0. The van der Waals surface area contributed by atoms with Gasteiger partial charge in [-0.25, -0.2) is 0 Å². The average Bonchev–Trinajstić information content (AvgIpc) is 2.89.